The molecular weight excluding hydrogens is 362 g/mol. The average Bonchev–Trinajstić information content (AvgIpc) is 3.37. The second-order valence-corrected chi connectivity index (χ2v) is 7.69. The quantitative estimate of drug-likeness (QED) is 0.660. The largest absolute Gasteiger partial charge is 0.497 e. The van der Waals surface area contributed by atoms with Gasteiger partial charge < -0.3 is 19.4 Å². The number of ether oxygens (including phenoxy) is 2. The minimum atomic E-state index is 0.0702. The van der Waals surface area contributed by atoms with Crippen molar-refractivity contribution >= 4 is 28.5 Å². The van der Waals surface area contributed by atoms with E-state index in [9.17, 15) is 0 Å². The summed E-state index contributed by atoms with van der Waals surface area (Å²) in [6.45, 7) is 2.19. The zero-order valence-electron chi connectivity index (χ0n) is 17.0. The van der Waals surface area contributed by atoms with Crippen LogP contribution in [0.25, 0.3) is 17.0 Å². The first-order valence-corrected chi connectivity index (χ1v) is 10.0. The number of benzene rings is 2. The Morgan fingerprint density at radius 2 is 1.86 bits per heavy atom. The summed E-state index contributed by atoms with van der Waals surface area (Å²) in [5.74, 6) is 2.88. The lowest BCUT2D eigenvalue weighted by molar-refractivity contribution is 0.414. The van der Waals surface area contributed by atoms with Gasteiger partial charge in [0.1, 0.15) is 17.3 Å². The summed E-state index contributed by atoms with van der Waals surface area (Å²) < 4.78 is 10.9. The van der Waals surface area contributed by atoms with Gasteiger partial charge in [-0.25, -0.2) is 0 Å². The Morgan fingerprint density at radius 3 is 2.62 bits per heavy atom. The molecule has 2 aliphatic rings. The number of amidine groups is 1. The molecule has 2 aromatic carbocycles. The van der Waals surface area contributed by atoms with E-state index >= 15 is 0 Å². The zero-order valence-corrected chi connectivity index (χ0v) is 17.0. The third-order valence-corrected chi connectivity index (χ3v) is 5.90. The summed E-state index contributed by atoms with van der Waals surface area (Å²) in [5, 5.41) is 1.17. The molecule has 0 amide bonds. The molecule has 5 rings (SSSR count). The highest BCUT2D eigenvalue weighted by Crippen LogP contribution is 2.42. The van der Waals surface area contributed by atoms with E-state index in [1.54, 1.807) is 14.2 Å². The van der Waals surface area contributed by atoms with Crippen LogP contribution in [0.2, 0.25) is 0 Å². The van der Waals surface area contributed by atoms with Crippen LogP contribution in [0.1, 0.15) is 36.9 Å². The standard InChI is InChI=1S/C24H25N3O2/c1-15-4-11-24(26-15)27-22-10-7-17(28-2)12-16(22)5-9-23(27)20-14-25-21-8-6-18(29-3)13-19(20)21/h5-10,12-15,23,25H,4,11H2,1-3H3. The van der Waals surface area contributed by atoms with E-state index in [0.717, 1.165) is 41.3 Å². The minimum Gasteiger partial charge on any atom is -0.497 e. The van der Waals surface area contributed by atoms with Crippen molar-refractivity contribution in [2.45, 2.75) is 31.8 Å². The molecule has 0 bridgehead atoms. The van der Waals surface area contributed by atoms with Crippen LogP contribution in [-0.2, 0) is 0 Å². The Hall–Kier alpha value is -3.21. The van der Waals surface area contributed by atoms with E-state index in [-0.39, 0.29) is 6.04 Å². The van der Waals surface area contributed by atoms with E-state index in [4.69, 9.17) is 14.5 Å². The maximum Gasteiger partial charge on any atom is 0.119 e. The molecular formula is C24H25N3O2. The molecule has 29 heavy (non-hydrogen) atoms. The Kier molecular flexibility index (Phi) is 4.31. The lowest BCUT2D eigenvalue weighted by atomic mass is 9.96. The number of hydrogen-bond acceptors (Lipinski definition) is 4. The van der Waals surface area contributed by atoms with Gasteiger partial charge in [0.05, 0.1) is 25.9 Å². The highest BCUT2D eigenvalue weighted by molar-refractivity contribution is 6.03. The molecule has 2 aliphatic heterocycles. The van der Waals surface area contributed by atoms with Crippen molar-refractivity contribution in [3.05, 3.63) is 59.8 Å². The van der Waals surface area contributed by atoms with Crippen molar-refractivity contribution in [3.8, 4) is 11.5 Å². The Balaban J connectivity index is 1.67. The number of aliphatic imine (C=N–C) groups is 1. The topological polar surface area (TPSA) is 49.9 Å². The zero-order chi connectivity index (χ0) is 20.0. The molecule has 0 spiro atoms. The number of methoxy groups -OCH3 is 2. The van der Waals surface area contributed by atoms with Gasteiger partial charge in [-0.2, -0.15) is 0 Å². The number of H-pyrrole nitrogens is 1. The van der Waals surface area contributed by atoms with Crippen molar-refractivity contribution in [1.29, 1.82) is 0 Å². The molecule has 0 saturated heterocycles. The molecule has 2 atom stereocenters. The summed E-state index contributed by atoms with van der Waals surface area (Å²) in [6, 6.07) is 12.9. The van der Waals surface area contributed by atoms with Gasteiger partial charge in [-0.3, -0.25) is 4.99 Å². The molecule has 2 unspecified atom stereocenters. The molecule has 0 aliphatic carbocycles. The molecule has 0 saturated carbocycles. The van der Waals surface area contributed by atoms with E-state index in [0.29, 0.717) is 6.04 Å². The van der Waals surface area contributed by atoms with Gasteiger partial charge in [0.2, 0.25) is 0 Å². The minimum absolute atomic E-state index is 0.0702. The Bertz CT molecular complexity index is 1130. The first-order valence-electron chi connectivity index (χ1n) is 10.0. The predicted octanol–water partition coefficient (Wildman–Crippen LogP) is 5.34. The van der Waals surface area contributed by atoms with Crippen molar-refractivity contribution in [1.82, 2.24) is 4.98 Å². The smallest absolute Gasteiger partial charge is 0.119 e. The lowest BCUT2D eigenvalue weighted by Gasteiger charge is -2.36. The summed E-state index contributed by atoms with van der Waals surface area (Å²) in [7, 11) is 3.41. The van der Waals surface area contributed by atoms with E-state index in [1.807, 2.05) is 12.1 Å². The SMILES string of the molecule is COc1ccc2c(c1)C=CC(c1c[nH]c3ccc(OC)cc13)N2C1=NC(C)CC1. The summed E-state index contributed by atoms with van der Waals surface area (Å²) >= 11 is 0. The fourth-order valence-corrected chi connectivity index (χ4v) is 4.38. The monoisotopic (exact) mass is 387 g/mol. The number of fused-ring (bicyclic) bond motifs is 2. The molecule has 0 fully saturated rings. The maximum absolute atomic E-state index is 5.47. The van der Waals surface area contributed by atoms with Crippen LogP contribution >= 0.6 is 0 Å². The van der Waals surface area contributed by atoms with Crippen LogP contribution in [0.3, 0.4) is 0 Å². The van der Waals surface area contributed by atoms with Gasteiger partial charge in [-0.15, -0.1) is 0 Å². The third kappa shape index (κ3) is 2.97. The molecule has 3 aromatic rings. The maximum atomic E-state index is 5.47. The number of hydrogen-bond donors (Lipinski definition) is 1. The fourth-order valence-electron chi connectivity index (χ4n) is 4.38. The van der Waals surface area contributed by atoms with Gasteiger partial charge in [-0.1, -0.05) is 12.2 Å². The summed E-state index contributed by atoms with van der Waals surface area (Å²) in [5.41, 5.74) is 4.65. The molecule has 5 heteroatoms. The van der Waals surface area contributed by atoms with Crippen LogP contribution in [0.5, 0.6) is 11.5 Å². The van der Waals surface area contributed by atoms with E-state index < -0.39 is 0 Å². The predicted molar refractivity (Wildman–Crippen MR) is 118 cm³/mol. The van der Waals surface area contributed by atoms with Gasteiger partial charge in [-0.05, 0) is 49.7 Å². The number of anilines is 1. The summed E-state index contributed by atoms with van der Waals surface area (Å²) in [6.07, 6.45) is 8.64. The van der Waals surface area contributed by atoms with Crippen LogP contribution < -0.4 is 14.4 Å². The number of nitrogens with one attached hydrogen (secondary N) is 1. The highest BCUT2D eigenvalue weighted by Gasteiger charge is 2.31. The number of aromatic nitrogens is 1. The second-order valence-electron chi connectivity index (χ2n) is 7.69. The molecule has 3 heterocycles. The molecule has 1 N–H and O–H groups in total. The third-order valence-electron chi connectivity index (χ3n) is 5.90. The number of aromatic amines is 1. The normalized spacial score (nSPS) is 20.7. The Morgan fingerprint density at radius 1 is 1.07 bits per heavy atom. The van der Waals surface area contributed by atoms with Gasteiger partial charge in [0, 0.05) is 40.7 Å². The van der Waals surface area contributed by atoms with Crippen molar-refractivity contribution in [2.24, 2.45) is 4.99 Å². The van der Waals surface area contributed by atoms with Gasteiger partial charge >= 0.3 is 0 Å². The van der Waals surface area contributed by atoms with Crippen LogP contribution in [0.15, 0.2) is 53.7 Å². The molecule has 148 valence electrons. The van der Waals surface area contributed by atoms with Crippen LogP contribution in [-0.4, -0.2) is 31.1 Å². The summed E-state index contributed by atoms with van der Waals surface area (Å²) in [4.78, 5) is 10.8. The first-order chi connectivity index (χ1) is 14.2. The lowest BCUT2D eigenvalue weighted by Crippen LogP contribution is -2.35. The van der Waals surface area contributed by atoms with E-state index in [2.05, 4.69) is 59.4 Å². The molecule has 1 aromatic heterocycles. The average molecular weight is 387 g/mol. The van der Waals surface area contributed by atoms with Crippen molar-refractivity contribution < 1.29 is 9.47 Å². The van der Waals surface area contributed by atoms with Gasteiger partial charge in [0.15, 0.2) is 0 Å². The molecule has 0 radical (unpaired) electrons. The first kappa shape index (κ1) is 17.9. The fraction of sp³-hybridized carbons (Fsp3) is 0.292. The highest BCUT2D eigenvalue weighted by atomic mass is 16.5. The van der Waals surface area contributed by atoms with Crippen molar-refractivity contribution in [3.63, 3.8) is 0 Å². The second kappa shape index (κ2) is 6.99. The Labute approximate surface area is 170 Å². The van der Waals surface area contributed by atoms with E-state index in [1.165, 1.54) is 16.6 Å². The number of nitrogens with zero attached hydrogens (tertiary/aromatic N) is 2. The number of rotatable bonds is 3. The molecule has 5 nitrogen and oxygen atoms in total. The van der Waals surface area contributed by atoms with Crippen LogP contribution in [0.4, 0.5) is 5.69 Å². The van der Waals surface area contributed by atoms with Crippen LogP contribution in [0, 0.1) is 0 Å². The van der Waals surface area contributed by atoms with Crippen molar-refractivity contribution in [2.75, 3.05) is 19.1 Å². The van der Waals surface area contributed by atoms with Gasteiger partial charge in [0.25, 0.3) is 0 Å².